The van der Waals surface area contributed by atoms with Crippen LogP contribution in [0.2, 0.25) is 0 Å². The Bertz CT molecular complexity index is 3100. The molecule has 0 spiro atoms. The summed E-state index contributed by atoms with van der Waals surface area (Å²) in [6.45, 7) is 10.3. The van der Waals surface area contributed by atoms with Gasteiger partial charge in [0.25, 0.3) is 0 Å². The Morgan fingerprint density at radius 1 is 0.522 bits per heavy atom. The lowest BCUT2D eigenvalue weighted by Gasteiger charge is -2.21. The first kappa shape index (κ1) is 46.5. The fourth-order valence-electron chi connectivity index (χ4n) is 7.12. The van der Waals surface area contributed by atoms with E-state index in [1.54, 1.807) is 24.3 Å². The van der Waals surface area contributed by atoms with E-state index in [2.05, 4.69) is 9.80 Å². The molecule has 0 fully saturated rings. The number of ether oxygens (including phenoxy) is 6. The first-order valence-electron chi connectivity index (χ1n) is 21.1. The van der Waals surface area contributed by atoms with Gasteiger partial charge in [-0.1, -0.05) is 18.2 Å². The fraction of sp³-hybridized carbons (Fsp3) is 0.200. The van der Waals surface area contributed by atoms with Crippen LogP contribution in [0, 0.1) is 5.82 Å². The van der Waals surface area contributed by atoms with Crippen molar-refractivity contribution in [1.29, 1.82) is 0 Å². The van der Waals surface area contributed by atoms with Crippen LogP contribution >= 0.6 is 0 Å². The van der Waals surface area contributed by atoms with E-state index in [0.717, 1.165) is 49.7 Å². The van der Waals surface area contributed by atoms with Crippen LogP contribution in [-0.2, 0) is 22.7 Å². The molecule has 0 N–H and O–H groups in total. The zero-order chi connectivity index (χ0) is 47.6. The third kappa shape index (κ3) is 11.3. The van der Waals surface area contributed by atoms with Crippen molar-refractivity contribution in [2.75, 3.05) is 36.0 Å². The maximum Gasteiger partial charge on any atom is 0.514 e. The predicted octanol–water partition coefficient (Wildman–Crippen LogP) is 9.60. The molecule has 0 radical (unpaired) electrons. The van der Waals surface area contributed by atoms with Gasteiger partial charge >= 0.3 is 35.5 Å². The molecular formula is C50H43FN2O14. The minimum absolute atomic E-state index is 0.108. The topological polar surface area (TPSA) is 191 Å². The Labute approximate surface area is 381 Å². The van der Waals surface area contributed by atoms with Gasteiger partial charge in [0.2, 0.25) is 5.75 Å². The summed E-state index contributed by atoms with van der Waals surface area (Å²) in [5.74, 6) is -4.60. The average molecular weight is 915 g/mol. The van der Waals surface area contributed by atoms with E-state index in [9.17, 15) is 28.8 Å². The number of fused-ring (bicyclic) bond motifs is 2. The molecule has 7 rings (SSSR count). The lowest BCUT2D eigenvalue weighted by atomic mass is 10.1. The number of para-hydroxylation sites is 1. The Morgan fingerprint density at radius 3 is 1.43 bits per heavy atom. The van der Waals surface area contributed by atoms with Crippen LogP contribution in [0.4, 0.5) is 25.4 Å². The van der Waals surface area contributed by atoms with Gasteiger partial charge in [0.05, 0.1) is 11.1 Å². The van der Waals surface area contributed by atoms with Crippen molar-refractivity contribution in [3.05, 3.63) is 164 Å². The molecule has 0 bridgehead atoms. The number of benzene rings is 5. The minimum Gasteiger partial charge on any atom is -0.429 e. The van der Waals surface area contributed by atoms with Gasteiger partial charge in [0, 0.05) is 83.7 Å². The van der Waals surface area contributed by atoms with E-state index in [1.807, 2.05) is 39.8 Å². The van der Waals surface area contributed by atoms with E-state index in [0.29, 0.717) is 33.1 Å². The Hall–Kier alpha value is -8.47. The molecule has 5 aromatic carbocycles. The number of carbonyl (C=O) groups excluding carboxylic acids is 4. The molecule has 0 atom stereocenters. The summed E-state index contributed by atoms with van der Waals surface area (Å²) in [7, 11) is 0. The molecule has 2 heterocycles. The third-order valence-corrected chi connectivity index (χ3v) is 10.4. The maximum atomic E-state index is 15.2. The van der Waals surface area contributed by atoms with Gasteiger partial charge in [-0.05, 0) is 100 Å². The van der Waals surface area contributed by atoms with Crippen LogP contribution in [0.5, 0.6) is 23.0 Å². The van der Waals surface area contributed by atoms with Crippen molar-refractivity contribution in [2.45, 2.75) is 40.9 Å². The Morgan fingerprint density at radius 2 is 0.970 bits per heavy atom. The van der Waals surface area contributed by atoms with Crippen LogP contribution in [0.25, 0.3) is 21.9 Å². The molecule has 0 aliphatic heterocycles. The molecule has 67 heavy (non-hydrogen) atoms. The second kappa shape index (κ2) is 21.0. The van der Waals surface area contributed by atoms with E-state index < -0.39 is 52.8 Å². The Kier molecular flexibility index (Phi) is 14.6. The van der Waals surface area contributed by atoms with E-state index in [4.69, 9.17) is 37.3 Å². The zero-order valence-corrected chi connectivity index (χ0v) is 36.7. The fourth-order valence-corrected chi connectivity index (χ4v) is 7.12. The second-order valence-corrected chi connectivity index (χ2v) is 14.6. The summed E-state index contributed by atoms with van der Waals surface area (Å²) >= 11 is 0. The van der Waals surface area contributed by atoms with Gasteiger partial charge in [-0.2, -0.15) is 0 Å². The molecule has 17 heteroatoms. The summed E-state index contributed by atoms with van der Waals surface area (Å²) in [5, 5.41) is 1.12. The second-order valence-electron chi connectivity index (χ2n) is 14.6. The standard InChI is InChI=1S/C50H43FN2O14/c1-5-52(6-2)34-18-20-38-32(24-44(54)64-42(38)26-34)28-60-49(58)62-36-14-9-12-30(22-36)47(56)66-41-17-11-16-40(51)46(41)67-48(57)31-13-10-15-37(23-31)63-50(59)61-29-33-25-45(55)65-43-27-35(19-21-39(33)43)53(7-3)8-4/h9-27H,5-8,28-29H2,1-4H3. The normalized spacial score (nSPS) is 10.9. The van der Waals surface area contributed by atoms with Crippen molar-refractivity contribution in [3.8, 4) is 23.0 Å². The highest BCUT2D eigenvalue weighted by atomic mass is 19.1. The highest BCUT2D eigenvalue weighted by Crippen LogP contribution is 2.33. The molecule has 344 valence electrons. The third-order valence-electron chi connectivity index (χ3n) is 10.4. The van der Waals surface area contributed by atoms with Crippen molar-refractivity contribution < 1.29 is 60.8 Å². The number of nitrogens with zero attached hydrogens (tertiary/aromatic N) is 2. The molecule has 2 aromatic heterocycles. The number of esters is 2. The van der Waals surface area contributed by atoms with Crippen molar-refractivity contribution >= 4 is 57.6 Å². The van der Waals surface area contributed by atoms with E-state index in [1.165, 1.54) is 66.7 Å². The smallest absolute Gasteiger partial charge is 0.429 e. The number of hydrogen-bond acceptors (Lipinski definition) is 16. The van der Waals surface area contributed by atoms with Gasteiger partial charge in [-0.3, -0.25) is 0 Å². The van der Waals surface area contributed by atoms with Crippen LogP contribution in [0.3, 0.4) is 0 Å². The van der Waals surface area contributed by atoms with Gasteiger partial charge in [-0.15, -0.1) is 0 Å². The lowest BCUT2D eigenvalue weighted by molar-refractivity contribution is 0.0675. The summed E-state index contributed by atoms with van der Waals surface area (Å²) in [6, 6.07) is 27.1. The predicted molar refractivity (Wildman–Crippen MR) is 243 cm³/mol. The lowest BCUT2D eigenvalue weighted by Crippen LogP contribution is -2.21. The van der Waals surface area contributed by atoms with Gasteiger partial charge in [-0.25, -0.2) is 33.2 Å². The van der Waals surface area contributed by atoms with Crippen LogP contribution in [0.15, 0.2) is 134 Å². The minimum atomic E-state index is -1.15. The van der Waals surface area contributed by atoms with Crippen molar-refractivity contribution in [3.63, 3.8) is 0 Å². The Balaban J connectivity index is 0.960. The average Bonchev–Trinajstić information content (AvgIpc) is 3.31. The number of rotatable bonds is 16. The van der Waals surface area contributed by atoms with Gasteiger partial charge < -0.3 is 47.1 Å². The quantitative estimate of drug-likeness (QED) is 0.0385. The van der Waals surface area contributed by atoms with Crippen LogP contribution in [-0.4, -0.2) is 50.4 Å². The van der Waals surface area contributed by atoms with Gasteiger partial charge in [0.15, 0.2) is 11.6 Å². The summed E-state index contributed by atoms with van der Waals surface area (Å²) in [6.07, 6.45) is -2.29. The number of carbonyl (C=O) groups is 4. The van der Waals surface area contributed by atoms with E-state index in [-0.39, 0.29) is 35.8 Å². The molecule has 0 saturated heterocycles. The monoisotopic (exact) mass is 914 g/mol. The SMILES string of the molecule is CCN(CC)c1ccc2c(COC(=O)Oc3cccc(C(=O)Oc4cccc(F)c4OC(=O)c4cccc(OC(=O)OCc5cc(=O)oc6cc(N(CC)CC)ccc56)c4)c3)cc(=O)oc2c1. The summed E-state index contributed by atoms with van der Waals surface area (Å²) in [4.78, 5) is 80.9. The maximum absolute atomic E-state index is 15.2. The van der Waals surface area contributed by atoms with Crippen LogP contribution < -0.4 is 40.0 Å². The highest BCUT2D eigenvalue weighted by Gasteiger charge is 2.22. The number of anilines is 2. The van der Waals surface area contributed by atoms with Gasteiger partial charge in [0.1, 0.15) is 35.9 Å². The van der Waals surface area contributed by atoms with E-state index >= 15 is 4.39 Å². The van der Waals surface area contributed by atoms with Crippen molar-refractivity contribution in [1.82, 2.24) is 0 Å². The summed E-state index contributed by atoms with van der Waals surface area (Å²) in [5.41, 5.74) is 1.56. The first-order chi connectivity index (χ1) is 32.3. The summed E-state index contributed by atoms with van der Waals surface area (Å²) < 4.78 is 57.9. The molecule has 16 nitrogen and oxygen atoms in total. The highest BCUT2D eigenvalue weighted by molar-refractivity contribution is 5.94. The van der Waals surface area contributed by atoms with Crippen LogP contribution in [0.1, 0.15) is 59.5 Å². The molecule has 0 saturated carbocycles. The first-order valence-corrected chi connectivity index (χ1v) is 21.1. The molecule has 0 aliphatic rings. The molecule has 0 amide bonds. The largest absolute Gasteiger partial charge is 0.514 e. The molecule has 7 aromatic rings. The molecule has 0 unspecified atom stereocenters. The molecular weight excluding hydrogens is 872 g/mol. The number of halogens is 1. The van der Waals surface area contributed by atoms with Crippen molar-refractivity contribution in [2.24, 2.45) is 0 Å². The number of hydrogen-bond donors (Lipinski definition) is 0. The zero-order valence-electron chi connectivity index (χ0n) is 36.7. The molecule has 0 aliphatic carbocycles.